The lowest BCUT2D eigenvalue weighted by molar-refractivity contribution is -0.142. The summed E-state index contributed by atoms with van der Waals surface area (Å²) in [6.07, 6.45) is -1.51. The smallest absolute Gasteiger partial charge is 0.304 e. The maximum atomic E-state index is 13.7. The van der Waals surface area contributed by atoms with E-state index in [-0.39, 0.29) is 57.3 Å². The van der Waals surface area contributed by atoms with Gasteiger partial charge in [-0.15, -0.1) is 0 Å². The van der Waals surface area contributed by atoms with Gasteiger partial charge in [0, 0.05) is 32.2 Å². The maximum absolute atomic E-state index is 13.7. The minimum atomic E-state index is -1.36. The molecule has 1 fully saturated rings. The third-order valence-corrected chi connectivity index (χ3v) is 7.49. The SMILES string of the molecule is CC(N)=NCCCC1NC(=O)C(CCCC(=O)CCC(=O)O)NC(=O)[C@@H](Cc2ccccc2)NC(=O)[C@H](CC(=O)O)CC(=O)CNC1=O. The minimum absolute atomic E-state index is 0.0437. The van der Waals surface area contributed by atoms with E-state index >= 15 is 0 Å². The predicted octanol–water partition coefficient (Wildman–Crippen LogP) is -0.375. The molecule has 0 saturated carbocycles. The van der Waals surface area contributed by atoms with Crippen molar-refractivity contribution in [3.63, 3.8) is 0 Å². The summed E-state index contributed by atoms with van der Waals surface area (Å²) in [5, 5.41) is 28.5. The number of nitrogens with one attached hydrogen (secondary N) is 4. The summed E-state index contributed by atoms with van der Waals surface area (Å²) in [6, 6.07) is 4.84. The summed E-state index contributed by atoms with van der Waals surface area (Å²) >= 11 is 0. The molecule has 262 valence electrons. The number of carbonyl (C=O) groups is 8. The number of aliphatic imine (C=N–C) groups is 1. The molecule has 1 saturated heterocycles. The van der Waals surface area contributed by atoms with Gasteiger partial charge in [-0.1, -0.05) is 30.3 Å². The number of ketones is 2. The number of aliphatic carboxylic acids is 2. The molecule has 4 amide bonds. The third-order valence-electron chi connectivity index (χ3n) is 7.49. The topological polar surface area (TPSA) is 264 Å². The number of hydrogen-bond acceptors (Lipinski definition) is 9. The molecule has 8 N–H and O–H groups in total. The lowest BCUT2D eigenvalue weighted by atomic mass is 9.96. The Bertz CT molecular complexity index is 1360. The fourth-order valence-electron chi connectivity index (χ4n) is 4.98. The normalized spacial score (nSPS) is 21.5. The molecule has 48 heavy (non-hydrogen) atoms. The number of carbonyl (C=O) groups excluding carboxylic acids is 6. The fraction of sp³-hybridized carbons (Fsp3) is 0.531. The summed E-state index contributed by atoms with van der Waals surface area (Å²) in [4.78, 5) is 105. The molecule has 2 unspecified atom stereocenters. The molecule has 0 aliphatic carbocycles. The van der Waals surface area contributed by atoms with Gasteiger partial charge in [-0.3, -0.25) is 43.3 Å². The number of amides is 4. The Balaban J connectivity index is 2.44. The largest absolute Gasteiger partial charge is 0.481 e. The van der Waals surface area contributed by atoms with Crippen LogP contribution in [0.4, 0.5) is 0 Å². The van der Waals surface area contributed by atoms with Crippen LogP contribution >= 0.6 is 0 Å². The van der Waals surface area contributed by atoms with Crippen molar-refractivity contribution in [3.05, 3.63) is 35.9 Å². The second-order valence-corrected chi connectivity index (χ2v) is 11.6. The van der Waals surface area contributed by atoms with Crippen LogP contribution in [0.1, 0.15) is 70.3 Å². The Morgan fingerprint density at radius 3 is 2.02 bits per heavy atom. The van der Waals surface area contributed by atoms with E-state index in [2.05, 4.69) is 26.3 Å². The molecule has 0 spiro atoms. The quantitative estimate of drug-likeness (QED) is 0.0717. The number of carboxylic acids is 2. The van der Waals surface area contributed by atoms with Crippen LogP contribution in [0.25, 0.3) is 0 Å². The van der Waals surface area contributed by atoms with Gasteiger partial charge in [0.25, 0.3) is 0 Å². The number of amidine groups is 1. The molecule has 1 heterocycles. The van der Waals surface area contributed by atoms with E-state index in [0.29, 0.717) is 17.8 Å². The van der Waals surface area contributed by atoms with Crippen molar-refractivity contribution in [1.82, 2.24) is 21.3 Å². The summed E-state index contributed by atoms with van der Waals surface area (Å²) < 4.78 is 0. The first-order chi connectivity index (χ1) is 22.7. The first kappa shape index (κ1) is 39.0. The predicted molar refractivity (Wildman–Crippen MR) is 171 cm³/mol. The first-order valence-electron chi connectivity index (χ1n) is 15.7. The lowest BCUT2D eigenvalue weighted by Crippen LogP contribution is -2.57. The molecule has 1 aliphatic rings. The zero-order valence-electron chi connectivity index (χ0n) is 26.9. The number of hydrogen-bond donors (Lipinski definition) is 7. The van der Waals surface area contributed by atoms with Crippen molar-refractivity contribution in [2.45, 2.75) is 89.3 Å². The van der Waals surface area contributed by atoms with Gasteiger partial charge in [0.15, 0.2) is 5.78 Å². The van der Waals surface area contributed by atoms with E-state index in [1.54, 1.807) is 37.3 Å². The average Bonchev–Trinajstić information content (AvgIpc) is 3.02. The van der Waals surface area contributed by atoms with Crippen molar-refractivity contribution >= 4 is 53.0 Å². The van der Waals surface area contributed by atoms with Crippen LogP contribution in [0.2, 0.25) is 0 Å². The van der Waals surface area contributed by atoms with Crippen LogP contribution in [0.15, 0.2) is 35.3 Å². The fourth-order valence-corrected chi connectivity index (χ4v) is 4.98. The molecular weight excluding hydrogens is 628 g/mol. The molecule has 0 bridgehead atoms. The number of Topliss-reactive ketones (excluding diaryl/α,β-unsaturated/α-hetero) is 2. The van der Waals surface area contributed by atoms with Crippen LogP contribution in [-0.4, -0.2) is 94.4 Å². The van der Waals surface area contributed by atoms with Gasteiger partial charge in [0.2, 0.25) is 23.6 Å². The Morgan fingerprint density at radius 1 is 0.792 bits per heavy atom. The summed E-state index contributed by atoms with van der Waals surface area (Å²) in [5.74, 6) is -7.67. The van der Waals surface area contributed by atoms with Gasteiger partial charge in [0.05, 0.1) is 31.1 Å². The van der Waals surface area contributed by atoms with Crippen molar-refractivity contribution in [1.29, 1.82) is 0 Å². The van der Waals surface area contributed by atoms with Gasteiger partial charge in [-0.05, 0) is 38.2 Å². The molecule has 4 atom stereocenters. The minimum Gasteiger partial charge on any atom is -0.481 e. The van der Waals surface area contributed by atoms with Crippen LogP contribution in [0.3, 0.4) is 0 Å². The summed E-state index contributed by atoms with van der Waals surface area (Å²) in [7, 11) is 0. The first-order valence-corrected chi connectivity index (χ1v) is 15.7. The van der Waals surface area contributed by atoms with Gasteiger partial charge >= 0.3 is 11.9 Å². The van der Waals surface area contributed by atoms with E-state index in [4.69, 9.17) is 10.8 Å². The van der Waals surface area contributed by atoms with E-state index in [1.165, 1.54) is 0 Å². The molecule has 0 radical (unpaired) electrons. The standard InChI is InChI=1S/C32H44N6O10/c1-19(33)34-14-6-11-24-30(46)35-18-23(40)16-21(17-28(43)44)29(45)38-26(15-20-7-3-2-4-8-20)32(48)37-25(31(47)36-24)10-5-9-22(39)12-13-27(41)42/h2-4,7-8,21,24-26H,5-6,9-18H2,1H3,(H2,33,34)(H,35,46)(H,36,47)(H,37,48)(H,38,45)(H,41,42)(H,43,44)/t21-,24?,25?,26+/m0/s1. The zero-order valence-corrected chi connectivity index (χ0v) is 26.9. The Morgan fingerprint density at radius 2 is 1.40 bits per heavy atom. The van der Waals surface area contributed by atoms with Gasteiger partial charge in [-0.2, -0.15) is 0 Å². The van der Waals surface area contributed by atoms with Gasteiger partial charge < -0.3 is 37.2 Å². The van der Waals surface area contributed by atoms with E-state index in [9.17, 15) is 43.5 Å². The zero-order chi connectivity index (χ0) is 35.6. The molecule has 16 nitrogen and oxygen atoms in total. The molecular formula is C32H44N6O10. The maximum Gasteiger partial charge on any atom is 0.304 e. The highest BCUT2D eigenvalue weighted by atomic mass is 16.4. The summed E-state index contributed by atoms with van der Waals surface area (Å²) in [6.45, 7) is 1.29. The number of carboxylic acid groups (broad SMARTS) is 2. The third kappa shape index (κ3) is 15.0. The second-order valence-electron chi connectivity index (χ2n) is 11.6. The van der Waals surface area contributed by atoms with E-state index in [1.807, 2.05) is 0 Å². The average molecular weight is 673 g/mol. The molecule has 2 rings (SSSR count). The van der Waals surface area contributed by atoms with Crippen LogP contribution in [0.5, 0.6) is 0 Å². The van der Waals surface area contributed by atoms with Crippen molar-refractivity contribution in [3.8, 4) is 0 Å². The van der Waals surface area contributed by atoms with Crippen molar-refractivity contribution in [2.75, 3.05) is 13.1 Å². The number of rotatable bonds is 15. The lowest BCUT2D eigenvalue weighted by Gasteiger charge is -2.26. The highest BCUT2D eigenvalue weighted by Gasteiger charge is 2.33. The molecule has 1 aromatic rings. The number of nitrogens with two attached hydrogens (primary N) is 1. The number of benzene rings is 1. The second kappa shape index (κ2) is 20.2. The molecule has 0 aromatic heterocycles. The van der Waals surface area contributed by atoms with Crippen molar-refractivity contribution < 1.29 is 48.6 Å². The molecule has 1 aliphatic heterocycles. The van der Waals surface area contributed by atoms with Crippen molar-refractivity contribution in [2.24, 2.45) is 16.6 Å². The Hall–Kier alpha value is -5.15. The Kier molecular flexibility index (Phi) is 16.4. The van der Waals surface area contributed by atoms with Gasteiger partial charge in [-0.25, -0.2) is 0 Å². The monoisotopic (exact) mass is 672 g/mol. The number of nitrogens with zero attached hydrogens (tertiary/aromatic N) is 1. The van der Waals surface area contributed by atoms with Crippen LogP contribution in [0, 0.1) is 5.92 Å². The Labute approximate surface area is 277 Å². The highest BCUT2D eigenvalue weighted by molar-refractivity contribution is 5.97. The van der Waals surface area contributed by atoms with Crippen LogP contribution in [-0.2, 0) is 44.8 Å². The molecule has 16 heteroatoms. The van der Waals surface area contributed by atoms with Gasteiger partial charge in [0.1, 0.15) is 23.9 Å². The van der Waals surface area contributed by atoms with E-state index < -0.39 is 84.8 Å². The summed E-state index contributed by atoms with van der Waals surface area (Å²) in [5.41, 5.74) is 6.22. The van der Waals surface area contributed by atoms with E-state index in [0.717, 1.165) is 0 Å². The molecule has 1 aromatic carbocycles. The van der Waals surface area contributed by atoms with Crippen LogP contribution < -0.4 is 27.0 Å². The highest BCUT2D eigenvalue weighted by Crippen LogP contribution is 2.14.